The smallest absolute Gasteiger partial charge is 0.255 e. The van der Waals surface area contributed by atoms with E-state index in [-0.39, 0.29) is 10.5 Å². The quantitative estimate of drug-likeness (QED) is 0.617. The van der Waals surface area contributed by atoms with Gasteiger partial charge in [-0.25, -0.2) is 8.42 Å². The van der Waals surface area contributed by atoms with Crippen LogP contribution in [0.2, 0.25) is 0 Å². The van der Waals surface area contributed by atoms with E-state index < -0.39 is 15.9 Å². The van der Waals surface area contributed by atoms with Gasteiger partial charge in [-0.15, -0.1) is 0 Å². The van der Waals surface area contributed by atoms with Gasteiger partial charge in [0.25, 0.3) is 5.91 Å². The lowest BCUT2D eigenvalue weighted by molar-refractivity contribution is 0.0730. The molecule has 1 aliphatic heterocycles. The molecule has 3 rings (SSSR count). The van der Waals surface area contributed by atoms with Crippen LogP contribution in [0.25, 0.3) is 0 Å². The molecular formula is C23H31N3O5S. The summed E-state index contributed by atoms with van der Waals surface area (Å²) in [5, 5.41) is 2.86. The number of morpholine rings is 1. The normalized spacial score (nSPS) is 14.7. The van der Waals surface area contributed by atoms with Crippen molar-refractivity contribution in [2.75, 3.05) is 51.4 Å². The molecule has 1 fully saturated rings. The van der Waals surface area contributed by atoms with Crippen molar-refractivity contribution in [3.63, 3.8) is 0 Å². The van der Waals surface area contributed by atoms with Crippen LogP contribution in [0.1, 0.15) is 29.8 Å². The lowest BCUT2D eigenvalue weighted by Crippen LogP contribution is -2.40. The summed E-state index contributed by atoms with van der Waals surface area (Å²) in [6.45, 7) is 7.69. The van der Waals surface area contributed by atoms with Crippen molar-refractivity contribution >= 4 is 21.6 Å². The molecule has 2 aromatic carbocycles. The van der Waals surface area contributed by atoms with E-state index in [9.17, 15) is 13.2 Å². The van der Waals surface area contributed by atoms with Gasteiger partial charge in [-0.3, -0.25) is 4.79 Å². The van der Waals surface area contributed by atoms with Crippen molar-refractivity contribution in [3.05, 3.63) is 53.6 Å². The zero-order valence-corrected chi connectivity index (χ0v) is 19.7. The average Bonchev–Trinajstić information content (AvgIpc) is 2.84. The van der Waals surface area contributed by atoms with Crippen molar-refractivity contribution in [3.8, 4) is 5.75 Å². The van der Waals surface area contributed by atoms with Crippen LogP contribution in [0.5, 0.6) is 5.75 Å². The highest BCUT2D eigenvalue weighted by molar-refractivity contribution is 7.89. The molecule has 0 spiro atoms. The van der Waals surface area contributed by atoms with Gasteiger partial charge < -0.3 is 19.7 Å². The summed E-state index contributed by atoms with van der Waals surface area (Å²) in [6.07, 6.45) is 0. The molecule has 9 heteroatoms. The van der Waals surface area contributed by atoms with E-state index >= 15 is 0 Å². The highest BCUT2D eigenvalue weighted by atomic mass is 32.2. The van der Waals surface area contributed by atoms with Gasteiger partial charge in [-0.1, -0.05) is 12.1 Å². The first-order valence-electron chi connectivity index (χ1n) is 10.8. The van der Waals surface area contributed by atoms with E-state index in [1.807, 2.05) is 24.3 Å². The van der Waals surface area contributed by atoms with Gasteiger partial charge in [0, 0.05) is 38.4 Å². The fraction of sp³-hybridized carbons (Fsp3) is 0.435. The first-order valence-corrected chi connectivity index (χ1v) is 12.2. The molecule has 0 radical (unpaired) electrons. The molecule has 0 aliphatic carbocycles. The monoisotopic (exact) mass is 461 g/mol. The first-order chi connectivity index (χ1) is 15.4. The number of carbonyl (C=O) groups excluding carboxylic acids is 1. The Morgan fingerprint density at radius 2 is 1.75 bits per heavy atom. The van der Waals surface area contributed by atoms with Gasteiger partial charge in [0.2, 0.25) is 10.0 Å². The summed E-state index contributed by atoms with van der Waals surface area (Å²) in [4.78, 5) is 15.2. The van der Waals surface area contributed by atoms with Crippen LogP contribution >= 0.6 is 0 Å². The predicted molar refractivity (Wildman–Crippen MR) is 124 cm³/mol. The van der Waals surface area contributed by atoms with Gasteiger partial charge in [-0.05, 0) is 49.7 Å². The highest BCUT2D eigenvalue weighted by Gasteiger charge is 2.28. The Labute approximate surface area is 190 Å². The van der Waals surface area contributed by atoms with Gasteiger partial charge in [0.1, 0.15) is 5.75 Å². The second-order valence-corrected chi connectivity index (χ2v) is 9.34. The van der Waals surface area contributed by atoms with Crippen LogP contribution in [0.4, 0.5) is 5.69 Å². The molecule has 0 unspecified atom stereocenters. The molecule has 1 aliphatic rings. The standard InChI is InChI=1S/C23H31N3O5S/c1-4-25(5-2)19-8-6-18(7-9-19)17-24-23(27)21-16-20(10-11-22(21)30-3)32(28,29)26-12-14-31-15-13-26/h6-11,16H,4-5,12-15,17H2,1-3H3,(H,24,27). The molecular weight excluding hydrogens is 430 g/mol. The molecule has 32 heavy (non-hydrogen) atoms. The Hall–Kier alpha value is -2.62. The zero-order chi connectivity index (χ0) is 23.1. The van der Waals surface area contributed by atoms with Gasteiger partial charge in [0.05, 0.1) is 30.8 Å². The van der Waals surface area contributed by atoms with Crippen LogP contribution in [0.3, 0.4) is 0 Å². The molecule has 1 N–H and O–H groups in total. The topological polar surface area (TPSA) is 88.2 Å². The lowest BCUT2D eigenvalue weighted by atomic mass is 10.1. The Bertz CT molecular complexity index is 1010. The van der Waals surface area contributed by atoms with Crippen molar-refractivity contribution in [2.45, 2.75) is 25.3 Å². The first kappa shape index (κ1) is 24.0. The maximum absolute atomic E-state index is 13.0. The molecule has 2 aromatic rings. The van der Waals surface area contributed by atoms with Crippen LogP contribution in [0.15, 0.2) is 47.4 Å². The van der Waals surface area contributed by atoms with Crippen molar-refractivity contribution in [2.24, 2.45) is 0 Å². The molecule has 0 bridgehead atoms. The minimum absolute atomic E-state index is 0.0638. The van der Waals surface area contributed by atoms with E-state index in [1.54, 1.807) is 0 Å². The van der Waals surface area contributed by atoms with E-state index in [2.05, 4.69) is 24.1 Å². The van der Waals surface area contributed by atoms with E-state index in [0.717, 1.165) is 24.3 Å². The fourth-order valence-corrected chi connectivity index (χ4v) is 5.09. The Morgan fingerprint density at radius 3 is 2.34 bits per heavy atom. The largest absolute Gasteiger partial charge is 0.496 e. The number of sulfonamides is 1. The van der Waals surface area contributed by atoms with Gasteiger partial charge >= 0.3 is 0 Å². The van der Waals surface area contributed by atoms with Crippen LogP contribution < -0.4 is 15.0 Å². The maximum atomic E-state index is 13.0. The van der Waals surface area contributed by atoms with Crippen LogP contribution in [0, 0.1) is 0 Å². The molecule has 174 valence electrons. The number of ether oxygens (including phenoxy) is 2. The predicted octanol–water partition coefficient (Wildman–Crippen LogP) is 2.49. The average molecular weight is 462 g/mol. The molecule has 0 saturated carbocycles. The summed E-state index contributed by atoms with van der Waals surface area (Å²) >= 11 is 0. The Kier molecular flexibility index (Phi) is 8.11. The summed E-state index contributed by atoms with van der Waals surface area (Å²) in [5.41, 5.74) is 2.26. The lowest BCUT2D eigenvalue weighted by Gasteiger charge is -2.26. The maximum Gasteiger partial charge on any atom is 0.255 e. The second-order valence-electron chi connectivity index (χ2n) is 7.40. The molecule has 1 heterocycles. The van der Waals surface area contributed by atoms with Crippen LogP contribution in [-0.2, 0) is 21.3 Å². The third kappa shape index (κ3) is 5.40. The number of nitrogens with one attached hydrogen (secondary N) is 1. The van der Waals surface area contributed by atoms with Crippen LogP contribution in [-0.4, -0.2) is 65.1 Å². The number of hydrogen-bond acceptors (Lipinski definition) is 6. The van der Waals surface area contributed by atoms with Crippen molar-refractivity contribution in [1.82, 2.24) is 9.62 Å². The summed E-state index contributed by atoms with van der Waals surface area (Å²) in [5.74, 6) is -0.0750. The minimum atomic E-state index is -3.72. The van der Waals surface area contributed by atoms with E-state index in [0.29, 0.717) is 38.6 Å². The minimum Gasteiger partial charge on any atom is -0.496 e. The SMILES string of the molecule is CCN(CC)c1ccc(CNC(=O)c2cc(S(=O)(=O)N3CCOCC3)ccc2OC)cc1. The summed E-state index contributed by atoms with van der Waals surface area (Å²) < 4.78 is 37.9. The van der Waals surface area contributed by atoms with Crippen molar-refractivity contribution in [1.29, 1.82) is 0 Å². The third-order valence-corrected chi connectivity index (χ3v) is 7.44. The van der Waals surface area contributed by atoms with Gasteiger partial charge in [0.15, 0.2) is 0 Å². The molecule has 1 saturated heterocycles. The number of carbonyl (C=O) groups is 1. The number of anilines is 1. The molecule has 0 atom stereocenters. The second kappa shape index (κ2) is 10.8. The number of methoxy groups -OCH3 is 1. The molecule has 1 amide bonds. The van der Waals surface area contributed by atoms with Crippen molar-refractivity contribution < 1.29 is 22.7 Å². The molecule has 8 nitrogen and oxygen atoms in total. The highest BCUT2D eigenvalue weighted by Crippen LogP contribution is 2.25. The third-order valence-electron chi connectivity index (χ3n) is 5.54. The number of rotatable bonds is 9. The number of benzene rings is 2. The molecule has 0 aromatic heterocycles. The fourth-order valence-electron chi connectivity index (χ4n) is 3.65. The zero-order valence-electron chi connectivity index (χ0n) is 18.8. The van der Waals surface area contributed by atoms with E-state index in [1.165, 1.54) is 29.6 Å². The number of nitrogens with zero attached hydrogens (tertiary/aromatic N) is 2. The Morgan fingerprint density at radius 1 is 1.09 bits per heavy atom. The van der Waals surface area contributed by atoms with Gasteiger partial charge in [-0.2, -0.15) is 4.31 Å². The number of amides is 1. The summed E-state index contributed by atoms with van der Waals surface area (Å²) in [7, 11) is -2.26. The number of hydrogen-bond donors (Lipinski definition) is 1. The van der Waals surface area contributed by atoms with E-state index in [4.69, 9.17) is 9.47 Å². The summed E-state index contributed by atoms with van der Waals surface area (Å²) in [6, 6.07) is 12.4. The Balaban J connectivity index is 1.75.